The van der Waals surface area contributed by atoms with Crippen LogP contribution in [0.4, 0.5) is 0 Å². The number of methoxy groups -OCH3 is 1. The number of aromatic amines is 1. The predicted molar refractivity (Wildman–Crippen MR) is 146 cm³/mol. The lowest BCUT2D eigenvalue weighted by Gasteiger charge is -2.38. The van der Waals surface area contributed by atoms with Gasteiger partial charge in [0.15, 0.2) is 5.76 Å². The van der Waals surface area contributed by atoms with E-state index in [9.17, 15) is 14.4 Å². The molecule has 2 aliphatic rings. The Morgan fingerprint density at radius 2 is 1.79 bits per heavy atom. The van der Waals surface area contributed by atoms with Crippen molar-refractivity contribution < 1.29 is 23.6 Å². The number of Topliss-reactive ketones (excluding diaryl/α,β-unsaturated/α-hetero) is 1. The highest BCUT2D eigenvalue weighted by Crippen LogP contribution is 2.32. The summed E-state index contributed by atoms with van der Waals surface area (Å²) in [6.45, 7) is 1.81. The molecule has 2 saturated carbocycles. The lowest BCUT2D eigenvalue weighted by molar-refractivity contribution is -0.141. The van der Waals surface area contributed by atoms with Gasteiger partial charge in [-0.15, -0.1) is 0 Å². The second-order valence-corrected chi connectivity index (χ2v) is 11.0. The molecule has 2 N–H and O–H groups in total. The fourth-order valence-electron chi connectivity index (χ4n) is 6.21. The zero-order valence-electron chi connectivity index (χ0n) is 22.8. The van der Waals surface area contributed by atoms with E-state index < -0.39 is 17.7 Å². The summed E-state index contributed by atoms with van der Waals surface area (Å²) >= 11 is 0. The highest BCUT2D eigenvalue weighted by Gasteiger charge is 2.41. The maximum atomic E-state index is 14.1. The summed E-state index contributed by atoms with van der Waals surface area (Å²) < 4.78 is 10.8. The van der Waals surface area contributed by atoms with Gasteiger partial charge < -0.3 is 24.5 Å². The zero-order valence-corrected chi connectivity index (χ0v) is 22.8. The molecule has 9 nitrogen and oxygen atoms in total. The molecular weight excluding hydrogens is 496 g/mol. The molecule has 0 radical (unpaired) electrons. The maximum absolute atomic E-state index is 14.1. The lowest BCUT2D eigenvalue weighted by atomic mass is 9.82. The monoisotopic (exact) mass is 534 g/mol. The predicted octanol–water partition coefficient (Wildman–Crippen LogP) is 5.08. The molecule has 5 rings (SSSR count). The normalized spacial score (nSPS) is 17.6. The maximum Gasteiger partial charge on any atom is 0.296 e. The van der Waals surface area contributed by atoms with Gasteiger partial charge in [-0.3, -0.25) is 14.4 Å². The number of amides is 2. The number of nitrogens with zero attached hydrogens (tertiary/aromatic N) is 2. The molecule has 9 heteroatoms. The second-order valence-electron chi connectivity index (χ2n) is 11.0. The molecule has 0 unspecified atom stereocenters. The van der Waals surface area contributed by atoms with Crippen molar-refractivity contribution in [3.63, 3.8) is 0 Å². The molecule has 208 valence electrons. The Hall–Kier alpha value is -3.62. The number of ether oxygens (including phenoxy) is 1. The summed E-state index contributed by atoms with van der Waals surface area (Å²) in [6, 6.07) is 6.40. The Kier molecular flexibility index (Phi) is 8.33. The molecule has 2 aromatic heterocycles. The smallest absolute Gasteiger partial charge is 0.296 e. The average molecular weight is 535 g/mol. The van der Waals surface area contributed by atoms with E-state index in [0.717, 1.165) is 57.8 Å². The van der Waals surface area contributed by atoms with Crippen molar-refractivity contribution >= 4 is 28.5 Å². The zero-order chi connectivity index (χ0) is 27.4. The first-order valence-corrected chi connectivity index (χ1v) is 14.2. The van der Waals surface area contributed by atoms with Gasteiger partial charge in [0.1, 0.15) is 11.8 Å². The van der Waals surface area contributed by atoms with Crippen LogP contribution in [0.1, 0.15) is 86.0 Å². The number of hydrogen-bond acceptors (Lipinski definition) is 6. The molecule has 1 aromatic carbocycles. The van der Waals surface area contributed by atoms with Crippen LogP contribution >= 0.6 is 0 Å². The van der Waals surface area contributed by atoms with Crippen LogP contribution in [0.25, 0.3) is 10.9 Å². The van der Waals surface area contributed by atoms with Gasteiger partial charge in [-0.1, -0.05) is 43.7 Å². The quantitative estimate of drug-likeness (QED) is 0.292. The van der Waals surface area contributed by atoms with Gasteiger partial charge in [0.05, 0.1) is 24.9 Å². The third-order valence-corrected chi connectivity index (χ3v) is 8.24. The van der Waals surface area contributed by atoms with Gasteiger partial charge in [0.25, 0.3) is 11.7 Å². The number of hydrogen-bond donors (Lipinski definition) is 2. The number of aromatic nitrogens is 2. The molecule has 1 atom stereocenters. The molecule has 0 bridgehead atoms. The molecule has 3 aromatic rings. The van der Waals surface area contributed by atoms with E-state index in [1.54, 1.807) is 44.5 Å². The Bertz CT molecular complexity index is 1320. The first-order chi connectivity index (χ1) is 18.9. The largest absolute Gasteiger partial charge is 0.497 e. The highest BCUT2D eigenvalue weighted by atomic mass is 16.5. The second kappa shape index (κ2) is 12.1. The summed E-state index contributed by atoms with van der Waals surface area (Å²) in [7, 11) is 1.58. The van der Waals surface area contributed by atoms with Crippen molar-refractivity contribution in [2.24, 2.45) is 5.92 Å². The fourth-order valence-corrected chi connectivity index (χ4v) is 6.21. The third-order valence-electron chi connectivity index (χ3n) is 8.24. The average Bonchev–Trinajstić information content (AvgIpc) is 3.58. The van der Waals surface area contributed by atoms with E-state index in [0.29, 0.717) is 28.1 Å². The molecule has 2 fully saturated rings. The topological polar surface area (TPSA) is 118 Å². The number of aryl methyl sites for hydroxylation is 1. The van der Waals surface area contributed by atoms with E-state index in [2.05, 4.69) is 15.5 Å². The number of rotatable bonds is 9. The third kappa shape index (κ3) is 6.02. The van der Waals surface area contributed by atoms with Crippen molar-refractivity contribution in [3.05, 3.63) is 47.5 Å². The van der Waals surface area contributed by atoms with Gasteiger partial charge in [-0.2, -0.15) is 0 Å². The molecule has 0 aliphatic heterocycles. The molecule has 0 spiro atoms. The lowest BCUT2D eigenvalue weighted by Crippen LogP contribution is -2.56. The van der Waals surface area contributed by atoms with Crippen LogP contribution in [0, 0.1) is 12.8 Å². The van der Waals surface area contributed by atoms with Gasteiger partial charge >= 0.3 is 0 Å². The number of nitrogens with one attached hydrogen (secondary N) is 2. The number of fused-ring (bicyclic) bond motifs is 1. The van der Waals surface area contributed by atoms with E-state index in [1.165, 1.54) is 11.3 Å². The molecule has 2 heterocycles. The Balaban J connectivity index is 1.49. The van der Waals surface area contributed by atoms with Crippen molar-refractivity contribution in [2.75, 3.05) is 7.11 Å². The SMILES string of the molecule is COc1ccc2c(C(=O)C(=O)N(Cc3cc(C)no3)[C@@H](C(=O)NC3CCCCC3)C3CCCCC3)c[nH]c2c1. The van der Waals surface area contributed by atoms with Gasteiger partial charge in [-0.25, -0.2) is 0 Å². The molecule has 39 heavy (non-hydrogen) atoms. The Morgan fingerprint density at radius 3 is 2.46 bits per heavy atom. The molecular formula is C30H38N4O5. The van der Waals surface area contributed by atoms with Crippen LogP contribution in [0.3, 0.4) is 0 Å². The van der Waals surface area contributed by atoms with Crippen LogP contribution in [0.2, 0.25) is 0 Å². The number of carbonyl (C=O) groups is 3. The number of carbonyl (C=O) groups excluding carboxylic acids is 3. The molecule has 2 amide bonds. The van der Waals surface area contributed by atoms with Crippen LogP contribution < -0.4 is 10.1 Å². The minimum atomic E-state index is -0.764. The number of ketones is 1. The summed E-state index contributed by atoms with van der Waals surface area (Å²) in [5.41, 5.74) is 1.64. The van der Waals surface area contributed by atoms with Crippen molar-refractivity contribution in [1.82, 2.24) is 20.4 Å². The summed E-state index contributed by atoms with van der Waals surface area (Å²) in [5.74, 6) is -0.480. The van der Waals surface area contributed by atoms with E-state index in [1.807, 2.05) is 0 Å². The van der Waals surface area contributed by atoms with Gasteiger partial charge in [0, 0.05) is 35.3 Å². The van der Waals surface area contributed by atoms with Crippen LogP contribution in [-0.4, -0.2) is 51.8 Å². The van der Waals surface area contributed by atoms with E-state index >= 15 is 0 Å². The first-order valence-electron chi connectivity index (χ1n) is 14.2. The van der Waals surface area contributed by atoms with Crippen LogP contribution in [-0.2, 0) is 16.1 Å². The highest BCUT2D eigenvalue weighted by molar-refractivity contribution is 6.45. The summed E-state index contributed by atoms with van der Waals surface area (Å²) in [6.07, 6.45) is 11.6. The van der Waals surface area contributed by atoms with Gasteiger partial charge in [-0.05, 0) is 50.7 Å². The van der Waals surface area contributed by atoms with E-state index in [4.69, 9.17) is 9.26 Å². The fraction of sp³-hybridized carbons (Fsp3) is 0.533. The van der Waals surface area contributed by atoms with Crippen molar-refractivity contribution in [1.29, 1.82) is 0 Å². The van der Waals surface area contributed by atoms with E-state index in [-0.39, 0.29) is 30.0 Å². The Morgan fingerprint density at radius 1 is 1.08 bits per heavy atom. The van der Waals surface area contributed by atoms with Gasteiger partial charge in [0.2, 0.25) is 5.91 Å². The van der Waals surface area contributed by atoms with Crippen LogP contribution in [0.5, 0.6) is 5.75 Å². The standard InChI is InChI=1S/C30H38N4O5/c1-19-15-23(39-33-19)18-34(30(37)28(35)25-17-31-26-16-22(38-2)13-14-24(25)26)27(20-9-5-3-6-10-20)29(36)32-21-11-7-4-8-12-21/h13-17,20-21,27,31H,3-12,18H2,1-2H3,(H,32,36)/t27-/m1/s1. The Labute approximate surface area is 228 Å². The first kappa shape index (κ1) is 27.0. The number of H-pyrrole nitrogens is 1. The van der Waals surface area contributed by atoms with Crippen molar-refractivity contribution in [2.45, 2.75) is 89.8 Å². The minimum Gasteiger partial charge on any atom is -0.497 e. The molecule has 0 saturated heterocycles. The summed E-state index contributed by atoms with van der Waals surface area (Å²) in [4.78, 5) is 46.4. The van der Waals surface area contributed by atoms with Crippen molar-refractivity contribution in [3.8, 4) is 5.75 Å². The summed E-state index contributed by atoms with van der Waals surface area (Å²) in [5, 5.41) is 7.85. The minimum absolute atomic E-state index is 0.000838. The van der Waals surface area contributed by atoms with Crippen LogP contribution in [0.15, 0.2) is 35.0 Å². The number of benzene rings is 1. The molecule has 2 aliphatic carbocycles.